The van der Waals surface area contributed by atoms with Crippen molar-refractivity contribution in [2.45, 2.75) is 12.8 Å². The quantitative estimate of drug-likeness (QED) is 0.173. The van der Waals surface area contributed by atoms with Crippen LogP contribution in [0.1, 0.15) is 24.0 Å². The van der Waals surface area contributed by atoms with Crippen LogP contribution in [-0.2, 0) is 0 Å². The lowest BCUT2D eigenvalue weighted by Gasteiger charge is -2.28. The van der Waals surface area contributed by atoms with Crippen LogP contribution in [0.25, 0.3) is 33.4 Å². The Balaban J connectivity index is 1.30. The van der Waals surface area contributed by atoms with Gasteiger partial charge in [0, 0.05) is 17.5 Å². The van der Waals surface area contributed by atoms with Gasteiger partial charge < -0.3 is 4.90 Å². The summed E-state index contributed by atoms with van der Waals surface area (Å²) in [7, 11) is -0.214. The first-order chi connectivity index (χ1) is 22.5. The maximum atomic E-state index is 4.65. The summed E-state index contributed by atoms with van der Waals surface area (Å²) in [6, 6.07) is 46.0. The Hall–Kier alpha value is -4.97. The minimum Gasteiger partial charge on any atom is -0.317 e. The van der Waals surface area contributed by atoms with E-state index in [9.17, 15) is 0 Å². The van der Waals surface area contributed by atoms with E-state index in [1.165, 1.54) is 55.5 Å². The highest BCUT2D eigenvalue weighted by molar-refractivity contribution is 7.64. The van der Waals surface area contributed by atoms with Gasteiger partial charge in [0.05, 0.1) is 5.69 Å². The van der Waals surface area contributed by atoms with E-state index in [2.05, 4.69) is 183 Å². The van der Waals surface area contributed by atoms with Crippen LogP contribution in [0.3, 0.4) is 0 Å². The summed E-state index contributed by atoms with van der Waals surface area (Å²) in [5.74, 6) is 0. The summed E-state index contributed by atoms with van der Waals surface area (Å²) in [5.41, 5.74) is 14.6. The second kappa shape index (κ2) is 13.2. The van der Waals surface area contributed by atoms with Crippen molar-refractivity contribution in [1.29, 1.82) is 0 Å². The van der Waals surface area contributed by atoms with Gasteiger partial charge in [-0.3, -0.25) is 0 Å². The number of anilines is 2. The molecule has 1 aliphatic heterocycles. The lowest BCUT2D eigenvalue weighted by atomic mass is 9.87. The minimum atomic E-state index is -0.214. The van der Waals surface area contributed by atoms with Crippen molar-refractivity contribution >= 4 is 35.7 Å². The summed E-state index contributed by atoms with van der Waals surface area (Å²) in [6.45, 7) is 9.28. The second-order valence-corrected chi connectivity index (χ2v) is 14.5. The number of nitrogens with zero attached hydrogens (tertiary/aromatic N) is 1. The summed E-state index contributed by atoms with van der Waals surface area (Å²) in [5, 5.41) is 1.39. The zero-order valence-electron chi connectivity index (χ0n) is 26.5. The number of fused-ring (bicyclic) bond motifs is 1. The van der Waals surface area contributed by atoms with Gasteiger partial charge in [0.2, 0.25) is 0 Å². The first kappa shape index (κ1) is 29.7. The van der Waals surface area contributed by atoms with Crippen molar-refractivity contribution in [3.8, 4) is 22.3 Å². The number of hydrogen-bond donors (Lipinski definition) is 0. The SMILES string of the molecule is C=C1/C=C(C2=CC=C(c3ccccc3)CC2)\C=C/N(c2cccc(P(C)C)c2)c2ccc(-c3ccc(-c4ccccc4)cc3)cc21. The molecule has 224 valence electrons. The van der Waals surface area contributed by atoms with E-state index >= 15 is 0 Å². The summed E-state index contributed by atoms with van der Waals surface area (Å²) < 4.78 is 0. The van der Waals surface area contributed by atoms with Crippen molar-refractivity contribution < 1.29 is 0 Å². The van der Waals surface area contributed by atoms with Crippen LogP contribution in [0.2, 0.25) is 0 Å². The molecule has 46 heavy (non-hydrogen) atoms. The molecule has 0 amide bonds. The average Bonchev–Trinajstić information content (AvgIpc) is 3.11. The van der Waals surface area contributed by atoms with Gasteiger partial charge in [-0.15, -0.1) is 0 Å². The molecular formula is C44H38NP. The molecule has 0 saturated heterocycles. The van der Waals surface area contributed by atoms with Gasteiger partial charge in [-0.25, -0.2) is 0 Å². The molecule has 5 aromatic rings. The molecule has 7 rings (SSSR count). The van der Waals surface area contributed by atoms with Gasteiger partial charge in [-0.05, 0) is 118 Å². The van der Waals surface area contributed by atoms with E-state index in [-0.39, 0.29) is 7.92 Å². The van der Waals surface area contributed by atoms with Crippen LogP contribution in [0, 0.1) is 0 Å². The Bertz CT molecular complexity index is 2010. The molecule has 1 nitrogen and oxygen atoms in total. The highest BCUT2D eigenvalue weighted by atomic mass is 31.1. The van der Waals surface area contributed by atoms with Crippen molar-refractivity contribution in [3.63, 3.8) is 0 Å². The third-order valence-electron chi connectivity index (χ3n) is 8.95. The van der Waals surface area contributed by atoms with Crippen LogP contribution >= 0.6 is 7.92 Å². The third-order valence-corrected chi connectivity index (χ3v) is 10.3. The smallest absolute Gasteiger partial charge is 0.0534 e. The van der Waals surface area contributed by atoms with Crippen LogP contribution in [0.4, 0.5) is 11.4 Å². The van der Waals surface area contributed by atoms with Gasteiger partial charge in [0.1, 0.15) is 0 Å². The van der Waals surface area contributed by atoms with E-state index < -0.39 is 0 Å². The molecule has 2 aliphatic rings. The molecule has 0 aromatic heterocycles. The molecule has 0 radical (unpaired) electrons. The second-order valence-electron chi connectivity index (χ2n) is 12.2. The fraction of sp³-hybridized carbons (Fsp3) is 0.0909. The molecule has 2 heteroatoms. The standard InChI is InChI=1S/C44H38NP/c1-32-29-40(38-23-19-36(20-24-38)34-13-8-5-9-14-34)27-28-45(41-15-10-16-42(31-41)46(2)3)44-26-25-39(30-43(32)44)37-21-17-35(18-22-37)33-11-6-4-7-12-33/h4-19,21-23,25-31H,1,20,24H2,2-3H3/b28-27-,40-29+. The van der Waals surface area contributed by atoms with Gasteiger partial charge in [-0.2, -0.15) is 0 Å². The van der Waals surface area contributed by atoms with Crippen molar-refractivity contribution in [3.05, 3.63) is 187 Å². The zero-order chi connectivity index (χ0) is 31.5. The zero-order valence-corrected chi connectivity index (χ0v) is 27.4. The largest absolute Gasteiger partial charge is 0.317 e. The summed E-state index contributed by atoms with van der Waals surface area (Å²) in [6.07, 6.45) is 13.4. The first-order valence-corrected chi connectivity index (χ1v) is 18.2. The van der Waals surface area contributed by atoms with Gasteiger partial charge in [0.15, 0.2) is 0 Å². The molecule has 0 atom stereocenters. The van der Waals surface area contributed by atoms with Crippen molar-refractivity contribution in [1.82, 2.24) is 0 Å². The predicted molar refractivity (Wildman–Crippen MR) is 202 cm³/mol. The molecular weight excluding hydrogens is 573 g/mol. The van der Waals surface area contributed by atoms with Crippen LogP contribution in [0.5, 0.6) is 0 Å². The average molecular weight is 612 g/mol. The predicted octanol–water partition coefficient (Wildman–Crippen LogP) is 11.8. The third kappa shape index (κ3) is 6.25. The fourth-order valence-electron chi connectivity index (χ4n) is 6.33. The number of rotatable bonds is 6. The minimum absolute atomic E-state index is 0.214. The number of hydrogen-bond acceptors (Lipinski definition) is 1. The molecule has 0 saturated carbocycles. The Labute approximate surface area is 275 Å². The topological polar surface area (TPSA) is 3.24 Å². The maximum absolute atomic E-state index is 4.65. The molecule has 0 spiro atoms. The lowest BCUT2D eigenvalue weighted by molar-refractivity contribution is 0.993. The maximum Gasteiger partial charge on any atom is 0.0534 e. The Morgan fingerprint density at radius 2 is 1.20 bits per heavy atom. The normalized spacial score (nSPS) is 16.5. The molecule has 0 fully saturated rings. The fourth-order valence-corrected chi connectivity index (χ4v) is 7.11. The van der Waals surface area contributed by atoms with Crippen molar-refractivity contribution in [2.75, 3.05) is 18.2 Å². The van der Waals surface area contributed by atoms with E-state index in [4.69, 9.17) is 0 Å². The Morgan fingerprint density at radius 1 is 0.587 bits per heavy atom. The van der Waals surface area contributed by atoms with Crippen LogP contribution in [-0.4, -0.2) is 13.3 Å². The van der Waals surface area contributed by atoms with E-state index in [1.54, 1.807) is 0 Å². The van der Waals surface area contributed by atoms with Crippen LogP contribution < -0.4 is 10.2 Å². The molecule has 5 aromatic carbocycles. The molecule has 1 heterocycles. The summed E-state index contributed by atoms with van der Waals surface area (Å²) in [4.78, 5) is 2.34. The van der Waals surface area contributed by atoms with E-state index in [0.717, 1.165) is 29.7 Å². The Morgan fingerprint density at radius 3 is 1.87 bits per heavy atom. The van der Waals surface area contributed by atoms with Gasteiger partial charge in [-0.1, -0.05) is 130 Å². The van der Waals surface area contributed by atoms with Gasteiger partial charge >= 0.3 is 0 Å². The molecule has 0 bridgehead atoms. The summed E-state index contributed by atoms with van der Waals surface area (Å²) >= 11 is 0. The lowest BCUT2D eigenvalue weighted by Crippen LogP contribution is -2.14. The van der Waals surface area contributed by atoms with Crippen LogP contribution in [0.15, 0.2) is 176 Å². The van der Waals surface area contributed by atoms with E-state index in [0.29, 0.717) is 0 Å². The molecule has 0 N–H and O–H groups in total. The monoisotopic (exact) mass is 611 g/mol. The first-order valence-electron chi connectivity index (χ1n) is 15.9. The van der Waals surface area contributed by atoms with Gasteiger partial charge in [0.25, 0.3) is 0 Å². The molecule has 0 unspecified atom stereocenters. The van der Waals surface area contributed by atoms with E-state index in [1.807, 2.05) is 0 Å². The van der Waals surface area contributed by atoms with Crippen molar-refractivity contribution in [2.24, 2.45) is 0 Å². The number of allylic oxidation sites excluding steroid dienone is 8. The highest BCUT2D eigenvalue weighted by Gasteiger charge is 2.19. The highest BCUT2D eigenvalue weighted by Crippen LogP contribution is 2.40. The Kier molecular flexibility index (Phi) is 8.51. The molecule has 1 aliphatic carbocycles. The number of benzene rings is 5.